The smallest absolute Gasteiger partial charge is 0.233 e. The first-order valence-electron chi connectivity index (χ1n) is 10.1. The van der Waals surface area contributed by atoms with Crippen molar-refractivity contribution in [2.75, 3.05) is 18.1 Å². The highest BCUT2D eigenvalue weighted by molar-refractivity contribution is 7.23. The molecule has 0 radical (unpaired) electrons. The van der Waals surface area contributed by atoms with Gasteiger partial charge in [0.15, 0.2) is 5.13 Å². The number of carbonyl (C=O) groups excluding carboxylic acids is 1. The average Bonchev–Trinajstić information content (AvgIpc) is 3.40. The third-order valence-corrected chi connectivity index (χ3v) is 6.95. The van der Waals surface area contributed by atoms with Crippen molar-refractivity contribution in [3.05, 3.63) is 58.1 Å². The number of benzene rings is 2. The Morgan fingerprint density at radius 2 is 2.00 bits per heavy atom. The number of thiazole rings is 1. The number of aryl methyl sites for hydroxylation is 2. The number of rotatable bonds is 6. The van der Waals surface area contributed by atoms with Gasteiger partial charge in [-0.25, -0.2) is 4.98 Å². The molecule has 1 unspecified atom stereocenters. The molecule has 4 nitrogen and oxygen atoms in total. The lowest BCUT2D eigenvalue weighted by Gasteiger charge is -2.23. The molecule has 0 spiro atoms. The van der Waals surface area contributed by atoms with E-state index in [2.05, 4.69) is 19.1 Å². The van der Waals surface area contributed by atoms with Crippen molar-refractivity contribution in [3.8, 4) is 0 Å². The van der Waals surface area contributed by atoms with Crippen LogP contribution < -0.4 is 4.90 Å². The van der Waals surface area contributed by atoms with Gasteiger partial charge in [0.05, 0.1) is 34.3 Å². The summed E-state index contributed by atoms with van der Waals surface area (Å²) in [7, 11) is 0. The van der Waals surface area contributed by atoms with E-state index in [-0.39, 0.29) is 12.0 Å². The Labute approximate surface area is 180 Å². The molecule has 1 aliphatic heterocycles. The van der Waals surface area contributed by atoms with Gasteiger partial charge in [0, 0.05) is 6.61 Å². The number of ether oxygens (including phenoxy) is 1. The molecule has 0 aliphatic carbocycles. The van der Waals surface area contributed by atoms with Crippen molar-refractivity contribution < 1.29 is 9.53 Å². The van der Waals surface area contributed by atoms with E-state index in [1.807, 2.05) is 31.2 Å². The molecule has 0 saturated carbocycles. The second-order valence-electron chi connectivity index (χ2n) is 7.52. The van der Waals surface area contributed by atoms with Crippen molar-refractivity contribution in [1.29, 1.82) is 0 Å². The first kappa shape index (κ1) is 20.3. The van der Waals surface area contributed by atoms with Crippen LogP contribution in [0.15, 0.2) is 36.4 Å². The minimum atomic E-state index is 0.0394. The molecule has 1 saturated heterocycles. The van der Waals surface area contributed by atoms with E-state index < -0.39 is 0 Å². The highest BCUT2D eigenvalue weighted by Crippen LogP contribution is 2.36. The van der Waals surface area contributed by atoms with Crippen LogP contribution >= 0.6 is 22.9 Å². The summed E-state index contributed by atoms with van der Waals surface area (Å²) in [4.78, 5) is 19.9. The zero-order chi connectivity index (χ0) is 20.4. The third-order valence-electron chi connectivity index (χ3n) is 5.41. The molecule has 1 aromatic heterocycles. The Kier molecular flexibility index (Phi) is 6.18. The summed E-state index contributed by atoms with van der Waals surface area (Å²) in [5.41, 5.74) is 4.22. The fourth-order valence-electron chi connectivity index (χ4n) is 3.65. The molecule has 152 valence electrons. The van der Waals surface area contributed by atoms with Crippen LogP contribution in [0.5, 0.6) is 0 Å². The Morgan fingerprint density at radius 1 is 1.24 bits per heavy atom. The van der Waals surface area contributed by atoms with E-state index in [9.17, 15) is 4.79 Å². The van der Waals surface area contributed by atoms with Crippen LogP contribution in [0, 0.1) is 6.92 Å². The number of anilines is 1. The monoisotopic (exact) mass is 428 g/mol. The number of carbonyl (C=O) groups is 1. The number of amides is 1. The molecule has 2 heterocycles. The van der Waals surface area contributed by atoms with Gasteiger partial charge in [0.25, 0.3) is 0 Å². The van der Waals surface area contributed by atoms with Crippen LogP contribution in [-0.4, -0.2) is 30.1 Å². The molecule has 1 atom stereocenters. The van der Waals surface area contributed by atoms with Crippen LogP contribution in [0.25, 0.3) is 10.2 Å². The van der Waals surface area contributed by atoms with Crippen LogP contribution in [0.2, 0.25) is 5.02 Å². The maximum Gasteiger partial charge on any atom is 0.233 e. The molecule has 1 amide bonds. The molecule has 4 rings (SSSR count). The molecular formula is C23H25ClN2O2S. The number of halogens is 1. The van der Waals surface area contributed by atoms with Gasteiger partial charge >= 0.3 is 0 Å². The van der Waals surface area contributed by atoms with E-state index in [4.69, 9.17) is 21.3 Å². The Hall–Kier alpha value is -1.95. The number of fused-ring (bicyclic) bond motifs is 1. The second-order valence-corrected chi connectivity index (χ2v) is 8.91. The fourth-order valence-corrected chi connectivity index (χ4v) is 4.99. The fraction of sp³-hybridized carbons (Fsp3) is 0.391. The highest BCUT2D eigenvalue weighted by Gasteiger charge is 2.26. The summed E-state index contributed by atoms with van der Waals surface area (Å²) in [5.74, 6) is 0.0394. The number of hydrogen-bond acceptors (Lipinski definition) is 4. The summed E-state index contributed by atoms with van der Waals surface area (Å²) in [6.45, 7) is 5.44. The third kappa shape index (κ3) is 4.47. The van der Waals surface area contributed by atoms with E-state index in [1.165, 1.54) is 16.9 Å². The highest BCUT2D eigenvalue weighted by atomic mass is 35.5. The van der Waals surface area contributed by atoms with Gasteiger partial charge in [-0.3, -0.25) is 9.69 Å². The lowest BCUT2D eigenvalue weighted by Crippen LogP contribution is -2.38. The van der Waals surface area contributed by atoms with Crippen LogP contribution in [0.1, 0.15) is 36.5 Å². The van der Waals surface area contributed by atoms with Crippen molar-refractivity contribution in [1.82, 2.24) is 4.98 Å². The van der Waals surface area contributed by atoms with E-state index in [0.717, 1.165) is 47.2 Å². The lowest BCUT2D eigenvalue weighted by atomic mass is 10.1. The maximum atomic E-state index is 13.3. The predicted octanol–water partition coefficient (Wildman–Crippen LogP) is 5.58. The molecule has 29 heavy (non-hydrogen) atoms. The summed E-state index contributed by atoms with van der Waals surface area (Å²) in [5, 5.41) is 1.37. The minimum absolute atomic E-state index is 0.0394. The van der Waals surface area contributed by atoms with Crippen LogP contribution in [0.4, 0.5) is 5.13 Å². The topological polar surface area (TPSA) is 42.4 Å². The molecule has 1 fully saturated rings. The zero-order valence-electron chi connectivity index (χ0n) is 16.8. The minimum Gasteiger partial charge on any atom is -0.376 e. The van der Waals surface area contributed by atoms with Crippen molar-refractivity contribution in [2.45, 2.75) is 45.6 Å². The molecular weight excluding hydrogens is 404 g/mol. The number of nitrogens with zero attached hydrogens (tertiary/aromatic N) is 2. The SMILES string of the molecule is CCc1ccc(CC(=O)N(CC2CCCO2)c2nc3c(C)ccc(Cl)c3s2)cc1. The Bertz CT molecular complexity index is 971. The molecule has 0 bridgehead atoms. The molecule has 6 heteroatoms. The summed E-state index contributed by atoms with van der Waals surface area (Å²) in [6, 6.07) is 12.1. The predicted molar refractivity (Wildman–Crippen MR) is 120 cm³/mol. The van der Waals surface area contributed by atoms with E-state index in [1.54, 1.807) is 4.90 Å². The lowest BCUT2D eigenvalue weighted by molar-refractivity contribution is -0.118. The first-order valence-corrected chi connectivity index (χ1v) is 11.3. The molecule has 3 aromatic rings. The summed E-state index contributed by atoms with van der Waals surface area (Å²) < 4.78 is 6.74. The van der Waals surface area contributed by atoms with Gasteiger partial charge in [-0.05, 0) is 48.9 Å². The van der Waals surface area contributed by atoms with Crippen LogP contribution in [-0.2, 0) is 22.4 Å². The van der Waals surface area contributed by atoms with Gasteiger partial charge in [-0.1, -0.05) is 60.2 Å². The largest absolute Gasteiger partial charge is 0.376 e. The quantitative estimate of drug-likeness (QED) is 0.515. The average molecular weight is 429 g/mol. The Balaban J connectivity index is 1.64. The van der Waals surface area contributed by atoms with Gasteiger partial charge in [0.2, 0.25) is 5.91 Å². The number of hydrogen-bond donors (Lipinski definition) is 0. The van der Waals surface area contributed by atoms with E-state index in [0.29, 0.717) is 23.1 Å². The van der Waals surface area contributed by atoms with Crippen molar-refractivity contribution >= 4 is 44.2 Å². The normalized spacial score (nSPS) is 16.4. The standard InChI is InChI=1S/C23H25ClN2O2S/c1-3-16-7-9-17(10-8-16)13-20(27)26(14-18-5-4-12-28-18)23-25-21-15(2)6-11-19(24)22(21)29-23/h6-11,18H,3-5,12-14H2,1-2H3. The summed E-state index contributed by atoms with van der Waals surface area (Å²) in [6.07, 6.45) is 3.41. The number of aromatic nitrogens is 1. The zero-order valence-corrected chi connectivity index (χ0v) is 18.4. The Morgan fingerprint density at radius 3 is 2.66 bits per heavy atom. The summed E-state index contributed by atoms with van der Waals surface area (Å²) >= 11 is 7.88. The van der Waals surface area contributed by atoms with Crippen LogP contribution in [0.3, 0.4) is 0 Å². The van der Waals surface area contributed by atoms with E-state index >= 15 is 0 Å². The van der Waals surface area contributed by atoms with Gasteiger partial charge < -0.3 is 4.74 Å². The maximum absolute atomic E-state index is 13.3. The van der Waals surface area contributed by atoms with Gasteiger partial charge in [0.1, 0.15) is 0 Å². The van der Waals surface area contributed by atoms with Crippen molar-refractivity contribution in [2.24, 2.45) is 0 Å². The second kappa shape index (κ2) is 8.82. The molecule has 0 N–H and O–H groups in total. The van der Waals surface area contributed by atoms with Crippen molar-refractivity contribution in [3.63, 3.8) is 0 Å². The molecule has 1 aliphatic rings. The first-order chi connectivity index (χ1) is 14.0. The van der Waals surface area contributed by atoms with Gasteiger partial charge in [-0.2, -0.15) is 0 Å². The van der Waals surface area contributed by atoms with Gasteiger partial charge in [-0.15, -0.1) is 0 Å². The molecule has 2 aromatic carbocycles.